The molecule has 1 atom stereocenters. The molecule has 0 amide bonds. The van der Waals surface area contributed by atoms with Gasteiger partial charge < -0.3 is 9.47 Å². The minimum absolute atomic E-state index is 0.0905. The summed E-state index contributed by atoms with van der Waals surface area (Å²) >= 11 is 0. The molecule has 172 valence electrons. The Morgan fingerprint density at radius 2 is 1.55 bits per heavy atom. The molecule has 0 aliphatic carbocycles. The molecule has 1 aromatic carbocycles. The molecule has 1 unspecified atom stereocenters. The number of ether oxygens (including phenoxy) is 2. The van der Waals surface area contributed by atoms with Crippen LogP contribution < -0.4 is 4.74 Å². The summed E-state index contributed by atoms with van der Waals surface area (Å²) in [5.74, 6) is 1.38. The average molecular weight is 431 g/mol. The van der Waals surface area contributed by atoms with Crippen LogP contribution in [0.5, 0.6) is 5.75 Å². The number of aryl methyl sites for hydroxylation is 1. The zero-order valence-electron chi connectivity index (χ0n) is 19.3. The van der Waals surface area contributed by atoms with Crippen molar-refractivity contribution in [3.05, 3.63) is 42.2 Å². The lowest BCUT2D eigenvalue weighted by molar-refractivity contribution is 0.175. The van der Waals surface area contributed by atoms with Gasteiger partial charge >= 0.3 is 0 Å². The Labute approximate surface area is 187 Å². The number of benzene rings is 1. The molecule has 0 radical (unpaired) electrons. The Balaban J connectivity index is 1.69. The Morgan fingerprint density at radius 3 is 2.26 bits per heavy atom. The van der Waals surface area contributed by atoms with Crippen LogP contribution in [-0.4, -0.2) is 36.5 Å². The van der Waals surface area contributed by atoms with Gasteiger partial charge in [-0.3, -0.25) is 0 Å². The summed E-state index contributed by atoms with van der Waals surface area (Å²) in [6, 6.07) is 7.56. The van der Waals surface area contributed by atoms with Gasteiger partial charge in [0.05, 0.1) is 0 Å². The van der Waals surface area contributed by atoms with Crippen molar-refractivity contribution in [2.24, 2.45) is 0 Å². The Kier molecular flexibility index (Phi) is 12.8. The second kappa shape index (κ2) is 15.7. The second-order valence-electron chi connectivity index (χ2n) is 8.21. The van der Waals surface area contributed by atoms with Crippen molar-refractivity contribution in [2.75, 3.05) is 20.3 Å². The molecule has 0 saturated heterocycles. The number of rotatable bonds is 17. The first-order valence-electron chi connectivity index (χ1n) is 11.9. The van der Waals surface area contributed by atoms with Gasteiger partial charge in [0.2, 0.25) is 0 Å². The van der Waals surface area contributed by atoms with Crippen molar-refractivity contribution in [3.63, 3.8) is 0 Å². The molecular weight excluding hydrogens is 391 g/mol. The lowest BCUT2D eigenvalue weighted by atomic mass is 10.1. The summed E-state index contributed by atoms with van der Waals surface area (Å²) in [5.41, 5.74) is 2.13. The van der Waals surface area contributed by atoms with Crippen LogP contribution >= 0.6 is 0 Å². The van der Waals surface area contributed by atoms with Crippen LogP contribution in [0.4, 0.5) is 4.39 Å². The minimum Gasteiger partial charge on any atom is -0.491 e. The summed E-state index contributed by atoms with van der Waals surface area (Å²) in [5, 5.41) is 0. The summed E-state index contributed by atoms with van der Waals surface area (Å²) in [6.07, 6.45) is 15.1. The smallest absolute Gasteiger partial charge is 0.159 e. The lowest BCUT2D eigenvalue weighted by Gasteiger charge is -2.11. The van der Waals surface area contributed by atoms with E-state index in [-0.39, 0.29) is 6.61 Å². The van der Waals surface area contributed by atoms with Crippen LogP contribution in [-0.2, 0) is 11.2 Å². The molecule has 0 aliphatic heterocycles. The highest BCUT2D eigenvalue weighted by Crippen LogP contribution is 2.20. The summed E-state index contributed by atoms with van der Waals surface area (Å²) < 4.78 is 24.6. The van der Waals surface area contributed by atoms with E-state index >= 15 is 0 Å². The molecule has 2 rings (SSSR count). The number of nitrogens with zero attached hydrogens (tertiary/aromatic N) is 2. The summed E-state index contributed by atoms with van der Waals surface area (Å²) in [7, 11) is 1.69. The standard InChI is InChI=1S/C26H39FN2O2/c1-3-4-5-6-7-9-12-22-19-28-26(29-20-22)23-14-16-25(17-15-23)31-21-24(27)13-10-8-11-18-30-2/h14-17,19-20,24H,3-13,18,21H2,1-2H3. The van der Waals surface area contributed by atoms with Crippen LogP contribution in [0.25, 0.3) is 11.4 Å². The third kappa shape index (κ3) is 10.7. The number of halogens is 1. The Hall–Kier alpha value is -2.01. The zero-order valence-corrected chi connectivity index (χ0v) is 19.3. The van der Waals surface area contributed by atoms with E-state index in [1.54, 1.807) is 7.11 Å². The molecule has 1 heterocycles. The first-order valence-corrected chi connectivity index (χ1v) is 11.9. The van der Waals surface area contributed by atoms with Crippen LogP contribution in [0, 0.1) is 0 Å². The van der Waals surface area contributed by atoms with E-state index in [2.05, 4.69) is 16.9 Å². The van der Waals surface area contributed by atoms with E-state index in [4.69, 9.17) is 9.47 Å². The molecule has 0 aliphatic rings. The van der Waals surface area contributed by atoms with Crippen molar-refractivity contribution >= 4 is 0 Å². The van der Waals surface area contributed by atoms with Gasteiger partial charge in [0.15, 0.2) is 5.82 Å². The molecule has 0 bridgehead atoms. The van der Waals surface area contributed by atoms with Crippen LogP contribution in [0.1, 0.15) is 76.7 Å². The van der Waals surface area contributed by atoms with Gasteiger partial charge in [-0.05, 0) is 55.5 Å². The molecule has 5 heteroatoms. The fourth-order valence-corrected chi connectivity index (χ4v) is 3.50. The molecular formula is C26H39FN2O2. The summed E-state index contributed by atoms with van der Waals surface area (Å²) in [4.78, 5) is 9.03. The first kappa shape index (κ1) is 25.3. The van der Waals surface area contributed by atoms with Crippen LogP contribution in [0.3, 0.4) is 0 Å². The lowest BCUT2D eigenvalue weighted by Crippen LogP contribution is -2.12. The highest BCUT2D eigenvalue weighted by atomic mass is 19.1. The second-order valence-corrected chi connectivity index (χ2v) is 8.21. The predicted octanol–water partition coefficient (Wildman–Crippen LogP) is 6.97. The quantitative estimate of drug-likeness (QED) is 0.254. The molecule has 0 spiro atoms. The normalized spacial score (nSPS) is 12.1. The number of hydrogen-bond acceptors (Lipinski definition) is 4. The van der Waals surface area contributed by atoms with Crippen molar-refractivity contribution < 1.29 is 13.9 Å². The number of hydrogen-bond donors (Lipinski definition) is 0. The third-order valence-corrected chi connectivity index (χ3v) is 5.43. The fourth-order valence-electron chi connectivity index (χ4n) is 3.50. The number of alkyl halides is 1. The average Bonchev–Trinajstić information content (AvgIpc) is 2.80. The Bertz CT molecular complexity index is 692. The maximum atomic E-state index is 14.0. The van der Waals surface area contributed by atoms with E-state index in [1.807, 2.05) is 36.7 Å². The topological polar surface area (TPSA) is 44.2 Å². The van der Waals surface area contributed by atoms with Gasteiger partial charge in [-0.25, -0.2) is 14.4 Å². The van der Waals surface area contributed by atoms with Gasteiger partial charge in [0.1, 0.15) is 18.5 Å². The highest BCUT2D eigenvalue weighted by Gasteiger charge is 2.08. The van der Waals surface area contributed by atoms with Gasteiger partial charge in [-0.15, -0.1) is 0 Å². The highest BCUT2D eigenvalue weighted by molar-refractivity contribution is 5.55. The zero-order chi connectivity index (χ0) is 22.2. The number of methoxy groups -OCH3 is 1. The molecule has 0 saturated carbocycles. The van der Waals surface area contributed by atoms with E-state index in [0.717, 1.165) is 37.9 Å². The largest absolute Gasteiger partial charge is 0.491 e. The molecule has 31 heavy (non-hydrogen) atoms. The van der Waals surface area contributed by atoms with Crippen molar-refractivity contribution in [1.82, 2.24) is 9.97 Å². The SMILES string of the molecule is CCCCCCCCc1cnc(-c2ccc(OCC(F)CCCCCOC)cc2)nc1. The predicted molar refractivity (Wildman–Crippen MR) is 125 cm³/mol. The monoisotopic (exact) mass is 430 g/mol. The Morgan fingerprint density at radius 1 is 0.871 bits per heavy atom. The van der Waals surface area contributed by atoms with Gasteiger partial charge in [-0.2, -0.15) is 0 Å². The maximum Gasteiger partial charge on any atom is 0.159 e. The fraction of sp³-hybridized carbons (Fsp3) is 0.615. The van der Waals surface area contributed by atoms with E-state index < -0.39 is 6.17 Å². The number of aromatic nitrogens is 2. The molecule has 2 aromatic rings. The minimum atomic E-state index is -0.940. The van der Waals surface area contributed by atoms with Crippen LogP contribution in [0.15, 0.2) is 36.7 Å². The van der Waals surface area contributed by atoms with Crippen molar-refractivity contribution in [2.45, 2.75) is 83.7 Å². The number of unbranched alkanes of at least 4 members (excludes halogenated alkanes) is 7. The van der Waals surface area contributed by atoms with Crippen molar-refractivity contribution in [1.29, 1.82) is 0 Å². The van der Waals surface area contributed by atoms with Gasteiger partial charge in [0.25, 0.3) is 0 Å². The van der Waals surface area contributed by atoms with Gasteiger partial charge in [0, 0.05) is 31.7 Å². The van der Waals surface area contributed by atoms with Crippen molar-refractivity contribution in [3.8, 4) is 17.1 Å². The van der Waals surface area contributed by atoms with Gasteiger partial charge in [-0.1, -0.05) is 51.9 Å². The first-order chi connectivity index (χ1) is 15.2. The molecule has 0 N–H and O–H groups in total. The summed E-state index contributed by atoms with van der Waals surface area (Å²) in [6.45, 7) is 3.07. The molecule has 0 fully saturated rings. The third-order valence-electron chi connectivity index (χ3n) is 5.43. The maximum absolute atomic E-state index is 14.0. The van der Waals surface area contributed by atoms with E-state index in [9.17, 15) is 4.39 Å². The molecule has 4 nitrogen and oxygen atoms in total. The van der Waals surface area contributed by atoms with Crippen LogP contribution in [0.2, 0.25) is 0 Å². The van der Waals surface area contributed by atoms with E-state index in [1.165, 1.54) is 44.1 Å². The van der Waals surface area contributed by atoms with E-state index in [0.29, 0.717) is 18.0 Å². The molecule has 1 aromatic heterocycles.